The standard InChI is InChI=1S/C14H16FNO3/c1-18-14-12(6-9(15)7-16-14)13(17)8-4-10-2-3-11(5-8)19-10/h6-8,10-11H,2-5H2,1H3. The molecule has 1 aromatic rings. The van der Waals surface area contributed by atoms with Crippen LogP contribution in [0.25, 0.3) is 0 Å². The van der Waals surface area contributed by atoms with Gasteiger partial charge in [0.15, 0.2) is 5.78 Å². The molecule has 19 heavy (non-hydrogen) atoms. The molecule has 2 aliphatic rings. The Morgan fingerprint density at radius 3 is 2.74 bits per heavy atom. The number of aromatic nitrogens is 1. The van der Waals surface area contributed by atoms with Crippen LogP contribution < -0.4 is 4.74 Å². The van der Waals surface area contributed by atoms with Gasteiger partial charge in [-0.15, -0.1) is 0 Å². The third-order valence-corrected chi connectivity index (χ3v) is 3.94. The monoisotopic (exact) mass is 265 g/mol. The number of ketones is 1. The van der Waals surface area contributed by atoms with Crippen LogP contribution in [0.1, 0.15) is 36.0 Å². The van der Waals surface area contributed by atoms with Crippen LogP contribution in [0.15, 0.2) is 12.3 Å². The summed E-state index contributed by atoms with van der Waals surface area (Å²) in [4.78, 5) is 16.3. The van der Waals surface area contributed by atoms with Gasteiger partial charge in [0, 0.05) is 5.92 Å². The SMILES string of the molecule is COc1ncc(F)cc1C(=O)C1CC2CCC(C1)O2. The third-order valence-electron chi connectivity index (χ3n) is 3.94. The summed E-state index contributed by atoms with van der Waals surface area (Å²) in [5.74, 6) is -0.503. The lowest BCUT2D eigenvalue weighted by atomic mass is 9.88. The van der Waals surface area contributed by atoms with Crippen LogP contribution in [0, 0.1) is 11.7 Å². The number of methoxy groups -OCH3 is 1. The number of ether oxygens (including phenoxy) is 2. The van der Waals surface area contributed by atoms with Gasteiger partial charge in [0.25, 0.3) is 0 Å². The number of fused-ring (bicyclic) bond motifs is 2. The Morgan fingerprint density at radius 2 is 2.11 bits per heavy atom. The molecule has 3 heterocycles. The number of carbonyl (C=O) groups is 1. The van der Waals surface area contributed by atoms with E-state index in [0.29, 0.717) is 0 Å². The average Bonchev–Trinajstić information content (AvgIpc) is 2.76. The number of pyridine rings is 1. The summed E-state index contributed by atoms with van der Waals surface area (Å²) in [6, 6.07) is 1.21. The lowest BCUT2D eigenvalue weighted by Gasteiger charge is -2.27. The first-order valence-corrected chi connectivity index (χ1v) is 6.56. The topological polar surface area (TPSA) is 48.4 Å². The van der Waals surface area contributed by atoms with Crippen molar-refractivity contribution in [2.45, 2.75) is 37.9 Å². The van der Waals surface area contributed by atoms with Gasteiger partial charge in [-0.25, -0.2) is 9.37 Å². The molecule has 0 aliphatic carbocycles. The minimum atomic E-state index is -0.515. The summed E-state index contributed by atoms with van der Waals surface area (Å²) in [5, 5.41) is 0. The Kier molecular flexibility index (Phi) is 3.22. The molecule has 3 rings (SSSR count). The smallest absolute Gasteiger partial charge is 0.224 e. The molecule has 5 heteroatoms. The maximum atomic E-state index is 13.3. The Hall–Kier alpha value is -1.49. The highest BCUT2D eigenvalue weighted by atomic mass is 19.1. The molecule has 2 saturated heterocycles. The molecule has 0 radical (unpaired) electrons. The molecule has 0 spiro atoms. The molecule has 0 amide bonds. The quantitative estimate of drug-likeness (QED) is 0.787. The van der Waals surface area contributed by atoms with E-state index in [1.807, 2.05) is 0 Å². The number of rotatable bonds is 3. The van der Waals surface area contributed by atoms with Crippen molar-refractivity contribution in [1.82, 2.24) is 4.98 Å². The second-order valence-corrected chi connectivity index (χ2v) is 5.20. The molecule has 2 unspecified atom stereocenters. The molecule has 0 N–H and O–H groups in total. The second-order valence-electron chi connectivity index (χ2n) is 5.20. The predicted octanol–water partition coefficient (Wildman–Crippen LogP) is 2.37. The van der Waals surface area contributed by atoms with E-state index in [0.717, 1.165) is 31.9 Å². The molecule has 1 aromatic heterocycles. The van der Waals surface area contributed by atoms with Gasteiger partial charge in [-0.05, 0) is 31.7 Å². The zero-order valence-corrected chi connectivity index (χ0v) is 10.8. The first-order valence-electron chi connectivity index (χ1n) is 6.56. The molecule has 0 aromatic carbocycles. The lowest BCUT2D eigenvalue weighted by Crippen LogP contribution is -2.30. The van der Waals surface area contributed by atoms with Crippen molar-refractivity contribution in [3.8, 4) is 5.88 Å². The summed E-state index contributed by atoms with van der Waals surface area (Å²) in [5.41, 5.74) is 0.244. The zero-order chi connectivity index (χ0) is 13.4. The van der Waals surface area contributed by atoms with Crippen LogP contribution >= 0.6 is 0 Å². The van der Waals surface area contributed by atoms with Crippen molar-refractivity contribution in [2.24, 2.45) is 5.92 Å². The third kappa shape index (κ3) is 2.34. The van der Waals surface area contributed by atoms with Crippen LogP contribution in [0.5, 0.6) is 5.88 Å². The van der Waals surface area contributed by atoms with Crippen LogP contribution in [-0.4, -0.2) is 30.1 Å². The van der Waals surface area contributed by atoms with E-state index in [1.54, 1.807) is 0 Å². The Balaban J connectivity index is 1.85. The first-order chi connectivity index (χ1) is 9.17. The van der Waals surface area contributed by atoms with Crippen molar-refractivity contribution < 1.29 is 18.7 Å². The molecule has 2 bridgehead atoms. The highest BCUT2D eigenvalue weighted by molar-refractivity contribution is 5.99. The Bertz CT molecular complexity index is 493. The summed E-state index contributed by atoms with van der Waals surface area (Å²) in [7, 11) is 1.44. The van der Waals surface area contributed by atoms with Crippen LogP contribution in [0.2, 0.25) is 0 Å². The lowest BCUT2D eigenvalue weighted by molar-refractivity contribution is -0.0149. The van der Waals surface area contributed by atoms with Crippen molar-refractivity contribution in [1.29, 1.82) is 0 Å². The number of halogens is 1. The van der Waals surface area contributed by atoms with E-state index in [9.17, 15) is 9.18 Å². The van der Waals surface area contributed by atoms with Gasteiger partial charge >= 0.3 is 0 Å². The van der Waals surface area contributed by atoms with Crippen LogP contribution in [0.4, 0.5) is 4.39 Å². The summed E-state index contributed by atoms with van der Waals surface area (Å²) in [6.45, 7) is 0. The van der Waals surface area contributed by atoms with Gasteiger partial charge < -0.3 is 9.47 Å². The Morgan fingerprint density at radius 1 is 1.42 bits per heavy atom. The summed E-state index contributed by atoms with van der Waals surface area (Å²) in [6.07, 6.45) is 4.90. The van der Waals surface area contributed by atoms with Crippen LogP contribution in [0.3, 0.4) is 0 Å². The summed E-state index contributed by atoms with van der Waals surface area (Å²) >= 11 is 0. The van der Waals surface area contributed by atoms with Crippen molar-refractivity contribution in [3.05, 3.63) is 23.6 Å². The van der Waals surface area contributed by atoms with E-state index in [2.05, 4.69) is 4.98 Å². The second kappa shape index (κ2) is 4.89. The predicted molar refractivity (Wildman–Crippen MR) is 65.7 cm³/mol. The van der Waals surface area contributed by atoms with Crippen molar-refractivity contribution >= 4 is 5.78 Å². The van der Waals surface area contributed by atoms with Gasteiger partial charge in [0.05, 0.1) is 31.1 Å². The van der Waals surface area contributed by atoms with E-state index >= 15 is 0 Å². The fraction of sp³-hybridized carbons (Fsp3) is 0.571. The molecule has 2 atom stereocenters. The maximum absolute atomic E-state index is 13.3. The molecule has 0 saturated carbocycles. The van der Waals surface area contributed by atoms with E-state index in [1.165, 1.54) is 13.2 Å². The first kappa shape index (κ1) is 12.5. The average molecular weight is 265 g/mol. The van der Waals surface area contributed by atoms with E-state index < -0.39 is 5.82 Å². The number of hydrogen-bond acceptors (Lipinski definition) is 4. The number of Topliss-reactive ketones (excluding diaryl/α,β-unsaturated/α-hetero) is 1. The molecule has 2 fully saturated rings. The van der Waals surface area contributed by atoms with Gasteiger partial charge in [0.2, 0.25) is 5.88 Å². The fourth-order valence-corrected chi connectivity index (χ4v) is 3.06. The van der Waals surface area contributed by atoms with Gasteiger partial charge in [0.1, 0.15) is 5.82 Å². The fourth-order valence-electron chi connectivity index (χ4n) is 3.06. The zero-order valence-electron chi connectivity index (χ0n) is 10.8. The minimum Gasteiger partial charge on any atom is -0.480 e. The normalized spacial score (nSPS) is 29.3. The maximum Gasteiger partial charge on any atom is 0.224 e. The number of hydrogen-bond donors (Lipinski definition) is 0. The van der Waals surface area contributed by atoms with Gasteiger partial charge in [-0.1, -0.05) is 0 Å². The number of nitrogens with zero attached hydrogens (tertiary/aromatic N) is 1. The van der Waals surface area contributed by atoms with E-state index in [-0.39, 0.29) is 35.4 Å². The largest absolute Gasteiger partial charge is 0.480 e. The highest BCUT2D eigenvalue weighted by Gasteiger charge is 2.39. The van der Waals surface area contributed by atoms with E-state index in [4.69, 9.17) is 9.47 Å². The van der Waals surface area contributed by atoms with Gasteiger partial charge in [-0.2, -0.15) is 0 Å². The van der Waals surface area contributed by atoms with Gasteiger partial charge in [-0.3, -0.25) is 4.79 Å². The van der Waals surface area contributed by atoms with Crippen LogP contribution in [-0.2, 0) is 4.74 Å². The molecular formula is C14H16FNO3. The molecule has 4 nitrogen and oxygen atoms in total. The van der Waals surface area contributed by atoms with Crippen molar-refractivity contribution in [3.63, 3.8) is 0 Å². The minimum absolute atomic E-state index is 0.0796. The Labute approximate surface area is 110 Å². The highest BCUT2D eigenvalue weighted by Crippen LogP contribution is 2.38. The molecule has 102 valence electrons. The molecule has 2 aliphatic heterocycles. The number of carbonyl (C=O) groups excluding carboxylic acids is 1. The summed E-state index contributed by atoms with van der Waals surface area (Å²) < 4.78 is 24.1. The van der Waals surface area contributed by atoms with Crippen molar-refractivity contribution in [2.75, 3.05) is 7.11 Å². The molecular weight excluding hydrogens is 249 g/mol.